The molecule has 0 unspecified atom stereocenters. The van der Waals surface area contributed by atoms with E-state index in [0.717, 1.165) is 37.0 Å². The molecule has 0 aliphatic rings. The lowest BCUT2D eigenvalue weighted by Gasteiger charge is -1.99. The smallest absolute Gasteiger partial charge is 0.194 e. The van der Waals surface area contributed by atoms with E-state index < -0.39 is 17.5 Å². The lowest BCUT2D eigenvalue weighted by Crippen LogP contribution is -1.91. The topological polar surface area (TPSA) is 0 Å². The molecule has 0 bridgehead atoms. The van der Waals surface area contributed by atoms with Crippen LogP contribution in [0.3, 0.4) is 0 Å². The fourth-order valence-corrected chi connectivity index (χ4v) is 1.98. The van der Waals surface area contributed by atoms with Crippen LogP contribution in [0.5, 0.6) is 0 Å². The Morgan fingerprint density at radius 3 is 2.09 bits per heavy atom. The van der Waals surface area contributed by atoms with Crippen LogP contribution in [-0.2, 0) is 6.42 Å². The van der Waals surface area contributed by atoms with E-state index >= 15 is 0 Å². The summed E-state index contributed by atoms with van der Waals surface area (Å²) < 4.78 is 39.0. The predicted octanol–water partition coefficient (Wildman–Crippen LogP) is 5.01. The van der Waals surface area contributed by atoms with Gasteiger partial charge in [-0.1, -0.05) is 30.0 Å². The van der Waals surface area contributed by atoms with Crippen molar-refractivity contribution in [2.75, 3.05) is 0 Å². The molecule has 0 fully saturated rings. The van der Waals surface area contributed by atoms with Crippen LogP contribution in [0.15, 0.2) is 49.1 Å². The summed E-state index contributed by atoms with van der Waals surface area (Å²) in [4.78, 5) is 0. The van der Waals surface area contributed by atoms with E-state index in [2.05, 4.69) is 18.4 Å². The number of rotatable bonds is 4. The highest BCUT2D eigenvalue weighted by Crippen LogP contribution is 2.13. The van der Waals surface area contributed by atoms with Gasteiger partial charge in [0, 0.05) is 11.1 Å². The fourth-order valence-electron chi connectivity index (χ4n) is 1.98. The van der Waals surface area contributed by atoms with Crippen molar-refractivity contribution in [2.45, 2.75) is 19.3 Å². The molecule has 112 valence electrons. The summed E-state index contributed by atoms with van der Waals surface area (Å²) in [5.41, 5.74) is 2.04. The molecule has 3 heteroatoms. The molecule has 2 rings (SSSR count). The van der Waals surface area contributed by atoms with E-state index in [1.165, 1.54) is 5.56 Å². The maximum absolute atomic E-state index is 13.1. The molecule has 22 heavy (non-hydrogen) atoms. The zero-order valence-electron chi connectivity index (χ0n) is 12.0. The summed E-state index contributed by atoms with van der Waals surface area (Å²) in [7, 11) is 0. The second-order valence-electron chi connectivity index (χ2n) is 4.88. The van der Waals surface area contributed by atoms with Crippen molar-refractivity contribution in [3.63, 3.8) is 0 Å². The molecule has 0 nitrogen and oxygen atoms in total. The van der Waals surface area contributed by atoms with Crippen LogP contribution in [0.2, 0.25) is 0 Å². The Labute approximate surface area is 128 Å². The van der Waals surface area contributed by atoms with Gasteiger partial charge in [-0.05, 0) is 49.1 Å². The summed E-state index contributed by atoms with van der Waals surface area (Å²) >= 11 is 0. The van der Waals surface area contributed by atoms with Crippen molar-refractivity contribution < 1.29 is 13.2 Å². The summed E-state index contributed by atoms with van der Waals surface area (Å²) in [5.74, 6) is 1.49. The molecule has 0 radical (unpaired) electrons. The second-order valence-corrected chi connectivity index (χ2v) is 4.88. The third kappa shape index (κ3) is 4.26. The number of aryl methyl sites for hydroxylation is 1. The summed E-state index contributed by atoms with van der Waals surface area (Å²) in [5, 5.41) is 0. The highest BCUT2D eigenvalue weighted by molar-refractivity contribution is 5.43. The van der Waals surface area contributed by atoms with E-state index in [4.69, 9.17) is 0 Å². The van der Waals surface area contributed by atoms with Crippen LogP contribution in [0, 0.1) is 29.3 Å². The number of benzene rings is 2. The first-order chi connectivity index (χ1) is 10.6. The van der Waals surface area contributed by atoms with Crippen molar-refractivity contribution >= 4 is 0 Å². The molecule has 0 aliphatic carbocycles. The Bertz CT molecular complexity index is 696. The van der Waals surface area contributed by atoms with Gasteiger partial charge in [0.15, 0.2) is 17.5 Å². The number of hydrogen-bond acceptors (Lipinski definition) is 0. The predicted molar refractivity (Wildman–Crippen MR) is 81.9 cm³/mol. The molecule has 0 spiro atoms. The van der Waals surface area contributed by atoms with Gasteiger partial charge in [0.25, 0.3) is 0 Å². The van der Waals surface area contributed by atoms with Gasteiger partial charge >= 0.3 is 0 Å². The van der Waals surface area contributed by atoms with E-state index in [1.807, 2.05) is 30.3 Å². The lowest BCUT2D eigenvalue weighted by atomic mass is 10.1. The van der Waals surface area contributed by atoms with Gasteiger partial charge in [0.1, 0.15) is 0 Å². The van der Waals surface area contributed by atoms with Crippen molar-refractivity contribution in [3.05, 3.63) is 83.2 Å². The Morgan fingerprint density at radius 2 is 1.50 bits per heavy atom. The average molecular weight is 300 g/mol. The van der Waals surface area contributed by atoms with Gasteiger partial charge in [0.2, 0.25) is 0 Å². The van der Waals surface area contributed by atoms with Crippen LogP contribution in [0.4, 0.5) is 13.2 Å². The zero-order chi connectivity index (χ0) is 15.9. The molecule has 0 aromatic heterocycles. The largest absolute Gasteiger partial charge is 0.204 e. The third-order valence-corrected chi connectivity index (χ3v) is 3.16. The number of hydrogen-bond donors (Lipinski definition) is 0. The first-order valence-electron chi connectivity index (χ1n) is 6.96. The minimum atomic E-state index is -1.48. The second kappa shape index (κ2) is 7.51. The maximum atomic E-state index is 13.1. The minimum absolute atomic E-state index is 0.103. The molecular weight excluding hydrogens is 285 g/mol. The van der Waals surface area contributed by atoms with E-state index in [-0.39, 0.29) is 5.56 Å². The first-order valence-corrected chi connectivity index (χ1v) is 6.96. The van der Waals surface area contributed by atoms with Gasteiger partial charge in [-0.15, -0.1) is 6.58 Å². The number of allylic oxidation sites excluding steroid dienone is 1. The third-order valence-electron chi connectivity index (χ3n) is 3.16. The van der Waals surface area contributed by atoms with Crippen molar-refractivity contribution in [2.24, 2.45) is 0 Å². The molecule has 0 atom stereocenters. The quantitative estimate of drug-likeness (QED) is 0.322. The Morgan fingerprint density at radius 1 is 0.909 bits per heavy atom. The van der Waals surface area contributed by atoms with Crippen LogP contribution >= 0.6 is 0 Å². The van der Waals surface area contributed by atoms with E-state index in [9.17, 15) is 13.2 Å². The lowest BCUT2D eigenvalue weighted by molar-refractivity contribution is 0.446. The summed E-state index contributed by atoms with van der Waals surface area (Å²) in [6.07, 6.45) is 4.88. The molecule has 2 aromatic carbocycles. The van der Waals surface area contributed by atoms with E-state index in [0.29, 0.717) is 0 Å². The van der Waals surface area contributed by atoms with Crippen molar-refractivity contribution in [1.29, 1.82) is 0 Å². The van der Waals surface area contributed by atoms with Crippen LogP contribution in [-0.4, -0.2) is 0 Å². The van der Waals surface area contributed by atoms with Gasteiger partial charge < -0.3 is 0 Å². The highest BCUT2D eigenvalue weighted by Gasteiger charge is 2.09. The highest BCUT2D eigenvalue weighted by atomic mass is 19.2. The van der Waals surface area contributed by atoms with Gasteiger partial charge in [-0.3, -0.25) is 0 Å². The molecule has 0 amide bonds. The number of unbranched alkanes of at least 4 members (excludes halogenated alkanes) is 1. The summed E-state index contributed by atoms with van der Waals surface area (Å²) in [6, 6.07) is 9.42. The monoisotopic (exact) mass is 300 g/mol. The fraction of sp³-hybridized carbons (Fsp3) is 0.158. The first kappa shape index (κ1) is 15.9. The Hall–Kier alpha value is -2.47. The van der Waals surface area contributed by atoms with Crippen molar-refractivity contribution in [1.82, 2.24) is 0 Å². The molecule has 0 aliphatic heterocycles. The molecular formula is C19H15F3. The van der Waals surface area contributed by atoms with E-state index in [1.54, 1.807) is 0 Å². The molecule has 2 aromatic rings. The molecule has 0 heterocycles. The SMILES string of the molecule is C=CCCCc1ccc(C#Cc2cc(F)c(F)c(F)c2)cc1. The van der Waals surface area contributed by atoms with Gasteiger partial charge in [0.05, 0.1) is 0 Å². The molecule has 0 saturated heterocycles. The average Bonchev–Trinajstić information content (AvgIpc) is 2.52. The van der Waals surface area contributed by atoms with Crippen LogP contribution < -0.4 is 0 Å². The number of halogens is 3. The maximum Gasteiger partial charge on any atom is 0.194 e. The molecule has 0 saturated carbocycles. The van der Waals surface area contributed by atoms with Gasteiger partial charge in [-0.25, -0.2) is 13.2 Å². The standard InChI is InChI=1S/C19H15F3/c1-2-3-4-5-14-6-8-15(9-7-14)10-11-16-12-17(20)19(22)18(21)13-16/h2,6-9,12-13H,1,3-5H2. The van der Waals surface area contributed by atoms with Crippen LogP contribution in [0.1, 0.15) is 29.5 Å². The Balaban J connectivity index is 2.10. The van der Waals surface area contributed by atoms with Crippen molar-refractivity contribution in [3.8, 4) is 11.8 Å². The van der Waals surface area contributed by atoms with Crippen LogP contribution in [0.25, 0.3) is 0 Å². The zero-order valence-corrected chi connectivity index (χ0v) is 12.0. The summed E-state index contributed by atoms with van der Waals surface area (Å²) in [6.45, 7) is 3.68. The van der Waals surface area contributed by atoms with Gasteiger partial charge in [-0.2, -0.15) is 0 Å². The molecule has 0 N–H and O–H groups in total. The normalized spacial score (nSPS) is 9.95. The Kier molecular flexibility index (Phi) is 5.43. The minimum Gasteiger partial charge on any atom is -0.204 e.